The van der Waals surface area contributed by atoms with E-state index < -0.39 is 10.0 Å². The number of hydrogen-bond acceptors (Lipinski definition) is 5. The molecular formula is C17H23N3O3S. The summed E-state index contributed by atoms with van der Waals surface area (Å²) >= 11 is 0. The maximum atomic E-state index is 12.5. The van der Waals surface area contributed by atoms with Gasteiger partial charge in [-0.3, -0.25) is 0 Å². The molecule has 1 aliphatic rings. The van der Waals surface area contributed by atoms with Crippen molar-refractivity contribution in [3.05, 3.63) is 47.7 Å². The maximum Gasteiger partial charge on any atom is 0.214 e. The van der Waals surface area contributed by atoms with Crippen LogP contribution in [0.15, 0.2) is 40.9 Å². The molecule has 24 heavy (non-hydrogen) atoms. The molecule has 7 heteroatoms. The van der Waals surface area contributed by atoms with Crippen LogP contribution in [0.1, 0.15) is 17.7 Å². The maximum absolute atomic E-state index is 12.5. The molecule has 0 atom stereocenters. The van der Waals surface area contributed by atoms with Crippen LogP contribution in [0.5, 0.6) is 0 Å². The molecular weight excluding hydrogens is 326 g/mol. The van der Waals surface area contributed by atoms with Gasteiger partial charge in [0.2, 0.25) is 10.0 Å². The van der Waals surface area contributed by atoms with Gasteiger partial charge in [0, 0.05) is 32.2 Å². The van der Waals surface area contributed by atoms with Crippen LogP contribution in [-0.4, -0.2) is 49.8 Å². The van der Waals surface area contributed by atoms with Crippen molar-refractivity contribution >= 4 is 15.8 Å². The number of anilines is 1. The average Bonchev–Trinajstić information content (AvgIpc) is 3.02. The molecule has 0 bridgehead atoms. The van der Waals surface area contributed by atoms with Crippen molar-refractivity contribution < 1.29 is 12.9 Å². The van der Waals surface area contributed by atoms with E-state index in [0.29, 0.717) is 32.6 Å². The Morgan fingerprint density at radius 2 is 1.83 bits per heavy atom. The van der Waals surface area contributed by atoms with Crippen LogP contribution in [0.3, 0.4) is 0 Å². The first-order valence-electron chi connectivity index (χ1n) is 8.24. The zero-order chi connectivity index (χ0) is 17.0. The monoisotopic (exact) mass is 349 g/mol. The number of nitrogens with zero attached hydrogens (tertiary/aromatic N) is 3. The van der Waals surface area contributed by atoms with Crippen molar-refractivity contribution in [2.45, 2.75) is 19.8 Å². The molecule has 0 aliphatic carbocycles. The second-order valence-electron chi connectivity index (χ2n) is 6.09. The van der Waals surface area contributed by atoms with Crippen molar-refractivity contribution in [2.75, 3.05) is 36.8 Å². The fourth-order valence-electron chi connectivity index (χ4n) is 2.93. The molecule has 1 aromatic heterocycles. The third-order valence-electron chi connectivity index (χ3n) is 4.28. The Labute approximate surface area is 143 Å². The van der Waals surface area contributed by atoms with Crippen LogP contribution in [0.2, 0.25) is 0 Å². The van der Waals surface area contributed by atoms with E-state index >= 15 is 0 Å². The van der Waals surface area contributed by atoms with Crippen LogP contribution >= 0.6 is 0 Å². The molecule has 6 nitrogen and oxygen atoms in total. The summed E-state index contributed by atoms with van der Waals surface area (Å²) in [4.78, 5) is 2.06. The topological polar surface area (TPSA) is 66.7 Å². The second-order valence-corrected chi connectivity index (χ2v) is 8.18. The zero-order valence-corrected chi connectivity index (χ0v) is 14.7. The number of sulfonamides is 1. The fraction of sp³-hybridized carbons (Fsp3) is 0.471. The smallest absolute Gasteiger partial charge is 0.214 e. The van der Waals surface area contributed by atoms with E-state index in [1.807, 2.05) is 43.3 Å². The Kier molecular flexibility index (Phi) is 5.20. The average molecular weight is 349 g/mol. The first kappa shape index (κ1) is 17.0. The number of aryl methyl sites for hydroxylation is 2. The van der Waals surface area contributed by atoms with Gasteiger partial charge >= 0.3 is 0 Å². The van der Waals surface area contributed by atoms with E-state index in [4.69, 9.17) is 4.52 Å². The van der Waals surface area contributed by atoms with E-state index in [9.17, 15) is 8.42 Å². The predicted molar refractivity (Wildman–Crippen MR) is 93.6 cm³/mol. The van der Waals surface area contributed by atoms with Crippen molar-refractivity contribution in [2.24, 2.45) is 0 Å². The van der Waals surface area contributed by atoms with E-state index in [1.54, 1.807) is 4.31 Å². The molecule has 0 unspecified atom stereocenters. The number of rotatable bonds is 6. The van der Waals surface area contributed by atoms with Crippen LogP contribution in [0.4, 0.5) is 5.82 Å². The minimum atomic E-state index is -3.19. The van der Waals surface area contributed by atoms with Crippen LogP contribution < -0.4 is 4.90 Å². The third kappa shape index (κ3) is 4.15. The lowest BCUT2D eigenvalue weighted by atomic mass is 10.1. The van der Waals surface area contributed by atoms with E-state index in [0.717, 1.165) is 18.0 Å². The van der Waals surface area contributed by atoms with Crippen LogP contribution in [0, 0.1) is 6.92 Å². The number of piperazine rings is 1. The van der Waals surface area contributed by atoms with Gasteiger partial charge in [0.25, 0.3) is 0 Å². The first-order chi connectivity index (χ1) is 11.5. The van der Waals surface area contributed by atoms with E-state index in [2.05, 4.69) is 10.1 Å². The van der Waals surface area contributed by atoms with Crippen molar-refractivity contribution in [1.29, 1.82) is 0 Å². The lowest BCUT2D eigenvalue weighted by molar-refractivity contribution is 0.371. The number of aromatic nitrogens is 1. The largest absolute Gasteiger partial charge is 0.360 e. The van der Waals surface area contributed by atoms with E-state index in [1.165, 1.54) is 5.56 Å². The Bertz CT molecular complexity index is 750. The molecule has 3 rings (SSSR count). The molecule has 2 aromatic rings. The van der Waals surface area contributed by atoms with Gasteiger partial charge in [0.15, 0.2) is 5.82 Å². The highest BCUT2D eigenvalue weighted by molar-refractivity contribution is 7.89. The summed E-state index contributed by atoms with van der Waals surface area (Å²) in [5, 5.41) is 3.99. The van der Waals surface area contributed by atoms with Gasteiger partial charge < -0.3 is 9.42 Å². The standard InChI is InChI=1S/C17H23N3O3S/c1-15-14-17(18-23-15)19-9-11-20(12-10-19)24(21,22)13-5-8-16-6-3-2-4-7-16/h2-4,6-7,14H,5,8-13H2,1H3. The summed E-state index contributed by atoms with van der Waals surface area (Å²) in [6, 6.07) is 11.9. The summed E-state index contributed by atoms with van der Waals surface area (Å²) in [5.41, 5.74) is 1.18. The molecule has 0 saturated carbocycles. The molecule has 2 heterocycles. The molecule has 0 N–H and O–H groups in total. The second kappa shape index (κ2) is 7.36. The molecule has 1 aromatic carbocycles. The van der Waals surface area contributed by atoms with Crippen molar-refractivity contribution in [3.63, 3.8) is 0 Å². The zero-order valence-electron chi connectivity index (χ0n) is 13.9. The van der Waals surface area contributed by atoms with Crippen LogP contribution in [-0.2, 0) is 16.4 Å². The predicted octanol–water partition coefficient (Wildman–Crippen LogP) is 2.07. The molecule has 130 valence electrons. The van der Waals surface area contributed by atoms with Crippen molar-refractivity contribution in [1.82, 2.24) is 9.46 Å². The van der Waals surface area contributed by atoms with Gasteiger partial charge in [-0.25, -0.2) is 8.42 Å². The number of benzene rings is 1. The first-order valence-corrected chi connectivity index (χ1v) is 9.85. The summed E-state index contributed by atoms with van der Waals surface area (Å²) in [7, 11) is -3.19. The van der Waals surface area contributed by atoms with Gasteiger partial charge in [-0.2, -0.15) is 4.31 Å². The Hall–Kier alpha value is -1.86. The van der Waals surface area contributed by atoms with Gasteiger partial charge in [-0.15, -0.1) is 0 Å². The highest BCUT2D eigenvalue weighted by Gasteiger charge is 2.27. The Balaban J connectivity index is 1.49. The van der Waals surface area contributed by atoms with Gasteiger partial charge in [0.1, 0.15) is 5.76 Å². The van der Waals surface area contributed by atoms with E-state index in [-0.39, 0.29) is 5.75 Å². The quantitative estimate of drug-likeness (QED) is 0.799. The summed E-state index contributed by atoms with van der Waals surface area (Å²) in [5.74, 6) is 1.75. The lowest BCUT2D eigenvalue weighted by Crippen LogP contribution is -2.49. The fourth-order valence-corrected chi connectivity index (χ4v) is 4.42. The number of hydrogen-bond donors (Lipinski definition) is 0. The van der Waals surface area contributed by atoms with Crippen LogP contribution in [0.25, 0.3) is 0 Å². The Morgan fingerprint density at radius 3 is 2.46 bits per heavy atom. The summed E-state index contributed by atoms with van der Waals surface area (Å²) in [6.07, 6.45) is 1.44. The molecule has 0 spiro atoms. The SMILES string of the molecule is Cc1cc(N2CCN(S(=O)(=O)CCCc3ccccc3)CC2)no1. The minimum Gasteiger partial charge on any atom is -0.360 e. The van der Waals surface area contributed by atoms with Gasteiger partial charge in [-0.05, 0) is 25.3 Å². The highest BCUT2D eigenvalue weighted by Crippen LogP contribution is 2.18. The normalized spacial score (nSPS) is 16.5. The van der Waals surface area contributed by atoms with Gasteiger partial charge in [-0.1, -0.05) is 35.5 Å². The summed E-state index contributed by atoms with van der Waals surface area (Å²) < 4.78 is 31.7. The third-order valence-corrected chi connectivity index (χ3v) is 6.24. The van der Waals surface area contributed by atoms with Gasteiger partial charge in [0.05, 0.1) is 5.75 Å². The minimum absolute atomic E-state index is 0.199. The molecule has 1 saturated heterocycles. The molecule has 1 fully saturated rings. The molecule has 1 aliphatic heterocycles. The Morgan fingerprint density at radius 1 is 1.12 bits per heavy atom. The van der Waals surface area contributed by atoms with Crippen molar-refractivity contribution in [3.8, 4) is 0 Å². The lowest BCUT2D eigenvalue weighted by Gasteiger charge is -2.33. The molecule has 0 radical (unpaired) electrons. The molecule has 0 amide bonds. The summed E-state index contributed by atoms with van der Waals surface area (Å²) in [6.45, 7) is 4.14. The highest BCUT2D eigenvalue weighted by atomic mass is 32.2.